The maximum atomic E-state index is 12.7. The van der Waals surface area contributed by atoms with E-state index in [2.05, 4.69) is 4.98 Å². The monoisotopic (exact) mass is 279 g/mol. The van der Waals surface area contributed by atoms with Crippen LogP contribution in [0.4, 0.5) is 0 Å². The van der Waals surface area contributed by atoms with Crippen molar-refractivity contribution in [1.82, 2.24) is 14.6 Å². The highest BCUT2D eigenvalue weighted by Crippen LogP contribution is 2.34. The Bertz CT molecular complexity index is 468. The first-order valence-corrected chi connectivity index (χ1v) is 7.30. The number of rotatable bonds is 2. The summed E-state index contributed by atoms with van der Waals surface area (Å²) in [4.78, 5) is 22.5. The lowest BCUT2D eigenvalue weighted by molar-refractivity contribution is -0.208. The van der Waals surface area contributed by atoms with Crippen LogP contribution >= 0.6 is 0 Å². The van der Waals surface area contributed by atoms with Gasteiger partial charge in [0, 0.05) is 32.6 Å². The van der Waals surface area contributed by atoms with Gasteiger partial charge in [0.05, 0.1) is 12.5 Å². The van der Waals surface area contributed by atoms with Gasteiger partial charge >= 0.3 is 0 Å². The third-order valence-electron chi connectivity index (χ3n) is 4.00. The van der Waals surface area contributed by atoms with Gasteiger partial charge in [0.25, 0.3) is 5.91 Å². The molecule has 0 N–H and O–H groups in total. The average molecular weight is 279 g/mol. The van der Waals surface area contributed by atoms with E-state index in [4.69, 9.17) is 9.57 Å². The lowest BCUT2D eigenvalue weighted by atomic mass is 9.92. The second-order valence-corrected chi connectivity index (χ2v) is 5.42. The number of hydroxylamine groups is 2. The summed E-state index contributed by atoms with van der Waals surface area (Å²) in [7, 11) is 1.93. The Kier molecular flexibility index (Phi) is 4.03. The molecule has 0 aromatic carbocycles. The number of amides is 1. The van der Waals surface area contributed by atoms with E-state index in [1.807, 2.05) is 17.8 Å². The first-order chi connectivity index (χ1) is 9.77. The summed E-state index contributed by atoms with van der Waals surface area (Å²) < 4.78 is 7.77. The molecular formula is C14H21N3O3. The van der Waals surface area contributed by atoms with E-state index in [9.17, 15) is 4.79 Å². The summed E-state index contributed by atoms with van der Waals surface area (Å²) in [6, 6.07) is 0. The Morgan fingerprint density at radius 2 is 2.25 bits per heavy atom. The third-order valence-corrected chi connectivity index (χ3v) is 4.00. The lowest BCUT2D eigenvalue weighted by Crippen LogP contribution is -2.43. The summed E-state index contributed by atoms with van der Waals surface area (Å²) in [5, 5.41) is 1.53. The summed E-state index contributed by atoms with van der Waals surface area (Å²) in [5.74, 6) is 0.667. The molecule has 0 bridgehead atoms. The number of carbonyl (C=O) groups is 1. The molecule has 1 aromatic rings. The molecule has 20 heavy (non-hydrogen) atoms. The largest absolute Gasteiger partial charge is 0.369 e. The fourth-order valence-corrected chi connectivity index (χ4v) is 2.90. The topological polar surface area (TPSA) is 56.6 Å². The predicted molar refractivity (Wildman–Crippen MR) is 71.5 cm³/mol. The number of ether oxygens (including phenoxy) is 1. The van der Waals surface area contributed by atoms with Gasteiger partial charge in [-0.05, 0) is 25.7 Å². The van der Waals surface area contributed by atoms with Crippen molar-refractivity contribution in [3.63, 3.8) is 0 Å². The lowest BCUT2D eigenvalue weighted by Gasteiger charge is -2.35. The highest BCUT2D eigenvalue weighted by molar-refractivity contribution is 5.78. The van der Waals surface area contributed by atoms with Crippen LogP contribution in [0, 0.1) is 5.92 Å². The molecule has 0 saturated carbocycles. The van der Waals surface area contributed by atoms with Gasteiger partial charge in [-0.2, -0.15) is 0 Å². The van der Waals surface area contributed by atoms with Gasteiger partial charge in [0.2, 0.25) is 0 Å². The third kappa shape index (κ3) is 2.58. The van der Waals surface area contributed by atoms with Gasteiger partial charge in [-0.25, -0.2) is 10.0 Å². The smallest absolute Gasteiger partial charge is 0.252 e. The van der Waals surface area contributed by atoms with E-state index in [0.29, 0.717) is 19.8 Å². The molecule has 0 aliphatic carbocycles. The van der Waals surface area contributed by atoms with Crippen LogP contribution in [0.15, 0.2) is 12.4 Å². The Balaban J connectivity index is 1.78. The van der Waals surface area contributed by atoms with Crippen LogP contribution in [0.25, 0.3) is 0 Å². The normalized spacial score (nSPS) is 27.6. The quantitative estimate of drug-likeness (QED) is 0.822. The van der Waals surface area contributed by atoms with Crippen molar-refractivity contribution in [3.8, 4) is 0 Å². The van der Waals surface area contributed by atoms with Gasteiger partial charge in [0.1, 0.15) is 11.9 Å². The summed E-state index contributed by atoms with van der Waals surface area (Å²) in [5.41, 5.74) is 0. The zero-order valence-corrected chi connectivity index (χ0v) is 11.8. The van der Waals surface area contributed by atoms with E-state index in [0.717, 1.165) is 31.5 Å². The zero-order valence-electron chi connectivity index (χ0n) is 11.8. The molecule has 1 aromatic heterocycles. The van der Waals surface area contributed by atoms with Crippen LogP contribution < -0.4 is 0 Å². The van der Waals surface area contributed by atoms with Crippen molar-refractivity contribution in [2.75, 3.05) is 19.8 Å². The minimum absolute atomic E-state index is 0.0393. The molecule has 2 saturated heterocycles. The molecule has 3 rings (SSSR count). The van der Waals surface area contributed by atoms with E-state index in [1.165, 1.54) is 5.06 Å². The molecule has 2 aliphatic rings. The highest BCUT2D eigenvalue weighted by Gasteiger charge is 2.38. The van der Waals surface area contributed by atoms with E-state index in [1.54, 1.807) is 6.20 Å². The predicted octanol–water partition coefficient (Wildman–Crippen LogP) is 1.44. The van der Waals surface area contributed by atoms with E-state index in [-0.39, 0.29) is 17.9 Å². The molecule has 0 unspecified atom stereocenters. The zero-order chi connectivity index (χ0) is 13.9. The fourth-order valence-electron chi connectivity index (χ4n) is 2.90. The Hall–Kier alpha value is -1.40. The van der Waals surface area contributed by atoms with Crippen LogP contribution in [0.3, 0.4) is 0 Å². The number of hydrogen-bond acceptors (Lipinski definition) is 4. The minimum Gasteiger partial charge on any atom is -0.369 e. The first kappa shape index (κ1) is 13.6. The number of aryl methyl sites for hydroxylation is 1. The van der Waals surface area contributed by atoms with E-state index < -0.39 is 0 Å². The summed E-state index contributed by atoms with van der Waals surface area (Å²) in [6.45, 7) is 2.00. The highest BCUT2D eigenvalue weighted by atomic mass is 16.7. The number of imidazole rings is 1. The molecule has 0 spiro atoms. The van der Waals surface area contributed by atoms with Crippen molar-refractivity contribution < 1.29 is 14.4 Å². The van der Waals surface area contributed by atoms with Crippen molar-refractivity contribution in [3.05, 3.63) is 18.2 Å². The van der Waals surface area contributed by atoms with Crippen LogP contribution in [0.5, 0.6) is 0 Å². The maximum Gasteiger partial charge on any atom is 0.252 e. The average Bonchev–Trinajstić information content (AvgIpc) is 2.93. The van der Waals surface area contributed by atoms with Gasteiger partial charge in [-0.3, -0.25) is 9.63 Å². The fraction of sp³-hybridized carbons (Fsp3) is 0.714. The molecule has 6 nitrogen and oxygen atoms in total. The SMILES string of the molecule is Cn1ccnc1[C@@H]1OCCC[C@H]1C(=O)N1CCCCO1. The van der Waals surface area contributed by atoms with Crippen molar-refractivity contribution in [2.24, 2.45) is 13.0 Å². The van der Waals surface area contributed by atoms with Gasteiger partial charge in [-0.1, -0.05) is 0 Å². The molecule has 2 atom stereocenters. The minimum atomic E-state index is -0.262. The second kappa shape index (κ2) is 5.93. The number of hydrogen-bond donors (Lipinski definition) is 0. The first-order valence-electron chi connectivity index (χ1n) is 7.30. The maximum absolute atomic E-state index is 12.7. The Labute approximate surface area is 118 Å². The summed E-state index contributed by atoms with van der Waals surface area (Å²) >= 11 is 0. The van der Waals surface area contributed by atoms with Crippen molar-refractivity contribution in [2.45, 2.75) is 31.8 Å². The van der Waals surface area contributed by atoms with Gasteiger partial charge < -0.3 is 9.30 Å². The molecule has 110 valence electrons. The van der Waals surface area contributed by atoms with Crippen molar-refractivity contribution in [1.29, 1.82) is 0 Å². The van der Waals surface area contributed by atoms with Gasteiger partial charge in [0.15, 0.2) is 0 Å². The van der Waals surface area contributed by atoms with Crippen molar-refractivity contribution >= 4 is 5.91 Å². The van der Waals surface area contributed by atoms with Crippen LogP contribution in [0.2, 0.25) is 0 Å². The van der Waals surface area contributed by atoms with Gasteiger partial charge in [-0.15, -0.1) is 0 Å². The molecule has 1 amide bonds. The molecular weight excluding hydrogens is 258 g/mol. The molecule has 2 aliphatic heterocycles. The molecule has 0 radical (unpaired) electrons. The standard InChI is InChI=1S/C14H21N3O3/c1-16-8-6-15-13(16)12-11(5-4-9-19-12)14(18)17-7-2-3-10-20-17/h6,8,11-12H,2-5,7,9-10H2,1H3/t11-,12-/m1/s1. The number of nitrogens with zero attached hydrogens (tertiary/aromatic N) is 3. The number of aromatic nitrogens is 2. The van der Waals surface area contributed by atoms with Crippen LogP contribution in [-0.4, -0.2) is 40.3 Å². The second-order valence-electron chi connectivity index (χ2n) is 5.42. The number of carbonyl (C=O) groups excluding carboxylic acids is 1. The Morgan fingerprint density at radius 3 is 2.95 bits per heavy atom. The Morgan fingerprint density at radius 1 is 1.35 bits per heavy atom. The van der Waals surface area contributed by atoms with Crippen LogP contribution in [-0.2, 0) is 21.4 Å². The van der Waals surface area contributed by atoms with E-state index >= 15 is 0 Å². The summed E-state index contributed by atoms with van der Waals surface area (Å²) in [6.07, 6.45) is 7.13. The molecule has 3 heterocycles. The molecule has 6 heteroatoms. The van der Waals surface area contributed by atoms with Crippen LogP contribution in [0.1, 0.15) is 37.6 Å². The molecule has 2 fully saturated rings.